The number of carbonyl (C=O) groups excluding carboxylic acids is 2. The predicted molar refractivity (Wildman–Crippen MR) is 100 cm³/mol. The Labute approximate surface area is 156 Å². The number of rotatable bonds is 6. The second-order valence-electron chi connectivity index (χ2n) is 6.59. The molecule has 0 aliphatic carbocycles. The zero-order valence-corrected chi connectivity index (χ0v) is 15.1. The van der Waals surface area contributed by atoms with E-state index in [2.05, 4.69) is 20.6 Å². The van der Waals surface area contributed by atoms with Crippen LogP contribution < -0.4 is 10.6 Å². The number of nitrogens with one attached hydrogen (secondary N) is 3. The summed E-state index contributed by atoms with van der Waals surface area (Å²) in [6.45, 7) is 3.83. The highest BCUT2D eigenvalue weighted by atomic mass is 19.1. The van der Waals surface area contributed by atoms with Crippen molar-refractivity contribution in [2.75, 3.05) is 0 Å². The first-order valence-electron chi connectivity index (χ1n) is 8.72. The van der Waals surface area contributed by atoms with Crippen LogP contribution in [-0.4, -0.2) is 27.8 Å². The third-order valence-corrected chi connectivity index (χ3v) is 4.22. The summed E-state index contributed by atoms with van der Waals surface area (Å²) in [5.74, 6) is -1.15. The van der Waals surface area contributed by atoms with Crippen molar-refractivity contribution in [2.45, 2.75) is 26.4 Å². The van der Waals surface area contributed by atoms with Crippen molar-refractivity contribution in [3.05, 3.63) is 65.7 Å². The van der Waals surface area contributed by atoms with Gasteiger partial charge in [0.1, 0.15) is 17.7 Å². The molecule has 0 bridgehead atoms. The van der Waals surface area contributed by atoms with Gasteiger partial charge in [-0.05, 0) is 30.2 Å². The van der Waals surface area contributed by atoms with E-state index in [-0.39, 0.29) is 23.9 Å². The monoisotopic (exact) mass is 368 g/mol. The summed E-state index contributed by atoms with van der Waals surface area (Å²) in [6, 6.07) is 12.4. The van der Waals surface area contributed by atoms with Gasteiger partial charge in [-0.25, -0.2) is 9.37 Å². The van der Waals surface area contributed by atoms with Crippen LogP contribution in [0.4, 0.5) is 4.39 Å². The zero-order valence-electron chi connectivity index (χ0n) is 15.1. The Hall–Kier alpha value is -3.22. The van der Waals surface area contributed by atoms with Crippen LogP contribution in [0.1, 0.15) is 30.0 Å². The molecule has 0 fully saturated rings. The molecule has 27 heavy (non-hydrogen) atoms. The number of fused-ring (bicyclic) bond motifs is 1. The fourth-order valence-corrected chi connectivity index (χ4v) is 2.77. The largest absolute Gasteiger partial charge is 0.347 e. The van der Waals surface area contributed by atoms with Crippen LogP contribution in [0.25, 0.3) is 11.0 Å². The number of benzene rings is 2. The van der Waals surface area contributed by atoms with Gasteiger partial charge in [-0.2, -0.15) is 0 Å². The zero-order chi connectivity index (χ0) is 19.4. The number of imidazole rings is 1. The highest BCUT2D eigenvalue weighted by Crippen LogP contribution is 2.11. The van der Waals surface area contributed by atoms with Gasteiger partial charge in [-0.3, -0.25) is 9.59 Å². The fraction of sp³-hybridized carbons (Fsp3) is 0.250. The van der Waals surface area contributed by atoms with Gasteiger partial charge in [0, 0.05) is 0 Å². The molecule has 1 heterocycles. The molecule has 2 aromatic carbocycles. The molecule has 1 atom stereocenters. The lowest BCUT2D eigenvalue weighted by molar-refractivity contribution is -0.124. The topological polar surface area (TPSA) is 86.9 Å². The quantitative estimate of drug-likeness (QED) is 0.625. The van der Waals surface area contributed by atoms with Crippen LogP contribution in [0.15, 0.2) is 48.5 Å². The standard InChI is InChI=1S/C20H21FN4O2/c1-12(2)18(25-19(26)13-7-3-4-8-14(13)21)20(27)22-11-17-23-15-9-5-6-10-16(15)24-17/h3-10,12,18H,11H2,1-2H3,(H,22,27)(H,23,24)(H,25,26). The molecular formula is C20H21FN4O2. The van der Waals surface area contributed by atoms with Gasteiger partial charge in [0.05, 0.1) is 23.1 Å². The molecule has 0 aliphatic heterocycles. The number of amides is 2. The van der Waals surface area contributed by atoms with Crippen LogP contribution in [-0.2, 0) is 11.3 Å². The van der Waals surface area contributed by atoms with Gasteiger partial charge in [-0.1, -0.05) is 38.1 Å². The van der Waals surface area contributed by atoms with E-state index < -0.39 is 17.8 Å². The predicted octanol–water partition coefficient (Wildman–Crippen LogP) is 2.77. The lowest BCUT2D eigenvalue weighted by atomic mass is 10.0. The van der Waals surface area contributed by atoms with Crippen LogP contribution in [0.3, 0.4) is 0 Å². The number of hydrogen-bond donors (Lipinski definition) is 3. The van der Waals surface area contributed by atoms with Crippen molar-refractivity contribution >= 4 is 22.8 Å². The summed E-state index contributed by atoms with van der Waals surface area (Å²) in [6.07, 6.45) is 0. The van der Waals surface area contributed by atoms with Gasteiger partial charge >= 0.3 is 0 Å². The molecule has 0 spiro atoms. The molecule has 6 nitrogen and oxygen atoms in total. The molecule has 2 amide bonds. The van der Waals surface area contributed by atoms with E-state index in [4.69, 9.17) is 0 Å². The summed E-state index contributed by atoms with van der Waals surface area (Å²) >= 11 is 0. The van der Waals surface area contributed by atoms with E-state index in [0.29, 0.717) is 5.82 Å². The summed E-state index contributed by atoms with van der Waals surface area (Å²) in [4.78, 5) is 32.4. The van der Waals surface area contributed by atoms with Gasteiger partial charge in [0.2, 0.25) is 5.91 Å². The van der Waals surface area contributed by atoms with Crippen molar-refractivity contribution in [1.29, 1.82) is 0 Å². The highest BCUT2D eigenvalue weighted by molar-refractivity contribution is 5.97. The van der Waals surface area contributed by atoms with E-state index >= 15 is 0 Å². The molecule has 0 aliphatic rings. The Balaban J connectivity index is 1.66. The molecule has 7 heteroatoms. The van der Waals surface area contributed by atoms with E-state index in [9.17, 15) is 14.0 Å². The van der Waals surface area contributed by atoms with Crippen LogP contribution in [0, 0.1) is 11.7 Å². The lowest BCUT2D eigenvalue weighted by Gasteiger charge is -2.21. The fourth-order valence-electron chi connectivity index (χ4n) is 2.77. The Kier molecular flexibility index (Phi) is 5.49. The number of H-pyrrole nitrogens is 1. The molecule has 0 saturated heterocycles. The number of carbonyl (C=O) groups is 2. The van der Waals surface area contributed by atoms with Crippen molar-refractivity contribution < 1.29 is 14.0 Å². The van der Waals surface area contributed by atoms with Crippen LogP contribution in [0.2, 0.25) is 0 Å². The highest BCUT2D eigenvalue weighted by Gasteiger charge is 2.25. The smallest absolute Gasteiger partial charge is 0.254 e. The minimum atomic E-state index is -0.790. The maximum absolute atomic E-state index is 13.8. The molecule has 3 rings (SSSR count). The van der Waals surface area contributed by atoms with Gasteiger partial charge in [-0.15, -0.1) is 0 Å². The molecule has 140 valence electrons. The molecule has 1 unspecified atom stereocenters. The summed E-state index contributed by atoms with van der Waals surface area (Å²) in [7, 11) is 0. The first-order chi connectivity index (χ1) is 13.0. The molecular weight excluding hydrogens is 347 g/mol. The Morgan fingerprint density at radius 1 is 1.11 bits per heavy atom. The molecule has 0 saturated carbocycles. The van der Waals surface area contributed by atoms with E-state index in [1.165, 1.54) is 18.2 Å². The average Bonchev–Trinajstić information content (AvgIpc) is 3.07. The summed E-state index contributed by atoms with van der Waals surface area (Å²) < 4.78 is 13.8. The average molecular weight is 368 g/mol. The number of aromatic amines is 1. The maximum atomic E-state index is 13.8. The van der Waals surface area contributed by atoms with E-state index in [1.807, 2.05) is 38.1 Å². The summed E-state index contributed by atoms with van der Waals surface area (Å²) in [5, 5.41) is 5.39. The second-order valence-corrected chi connectivity index (χ2v) is 6.59. The first kappa shape index (κ1) is 18.6. The van der Waals surface area contributed by atoms with Crippen molar-refractivity contribution in [3.63, 3.8) is 0 Å². The Morgan fingerprint density at radius 3 is 2.52 bits per heavy atom. The minimum absolute atomic E-state index is 0.0896. The molecule has 3 aromatic rings. The third kappa shape index (κ3) is 4.31. The van der Waals surface area contributed by atoms with E-state index in [0.717, 1.165) is 11.0 Å². The Morgan fingerprint density at radius 2 is 1.81 bits per heavy atom. The van der Waals surface area contributed by atoms with Crippen LogP contribution in [0.5, 0.6) is 0 Å². The molecule has 3 N–H and O–H groups in total. The number of aromatic nitrogens is 2. The van der Waals surface area contributed by atoms with Crippen molar-refractivity contribution in [1.82, 2.24) is 20.6 Å². The molecule has 1 aromatic heterocycles. The lowest BCUT2D eigenvalue weighted by Crippen LogP contribution is -2.49. The van der Waals surface area contributed by atoms with Gasteiger partial charge in [0.15, 0.2) is 0 Å². The number of hydrogen-bond acceptors (Lipinski definition) is 3. The summed E-state index contributed by atoms with van der Waals surface area (Å²) in [5.41, 5.74) is 1.61. The first-order valence-corrected chi connectivity index (χ1v) is 8.72. The maximum Gasteiger partial charge on any atom is 0.254 e. The van der Waals surface area contributed by atoms with E-state index in [1.54, 1.807) is 6.07 Å². The SMILES string of the molecule is CC(C)C(NC(=O)c1ccccc1F)C(=O)NCc1nc2ccccc2[nH]1. The third-order valence-electron chi connectivity index (χ3n) is 4.22. The van der Waals surface area contributed by atoms with Crippen molar-refractivity contribution in [3.8, 4) is 0 Å². The van der Waals surface area contributed by atoms with Gasteiger partial charge in [0.25, 0.3) is 5.91 Å². The Bertz CT molecular complexity index is 934. The van der Waals surface area contributed by atoms with Crippen LogP contribution >= 0.6 is 0 Å². The number of nitrogens with zero attached hydrogens (tertiary/aromatic N) is 1. The molecule has 0 radical (unpaired) electrons. The number of halogens is 1. The van der Waals surface area contributed by atoms with Gasteiger partial charge < -0.3 is 15.6 Å². The second kappa shape index (κ2) is 7.99. The van der Waals surface area contributed by atoms with Crippen molar-refractivity contribution in [2.24, 2.45) is 5.92 Å². The minimum Gasteiger partial charge on any atom is -0.347 e. The number of para-hydroxylation sites is 2. The normalized spacial score (nSPS) is 12.1.